The average molecular weight is 394 g/mol. The Bertz CT molecular complexity index is 629. The highest BCUT2D eigenvalue weighted by atomic mass is 35.5. The van der Waals surface area contributed by atoms with Crippen molar-refractivity contribution in [1.29, 1.82) is 0 Å². The molecular weight excluding hydrogens is 362 g/mol. The third kappa shape index (κ3) is 4.06. The van der Waals surface area contributed by atoms with Crippen molar-refractivity contribution in [1.82, 2.24) is 5.32 Å². The van der Waals surface area contributed by atoms with Crippen LogP contribution in [0.15, 0.2) is 11.6 Å². The van der Waals surface area contributed by atoms with Crippen LogP contribution in [0.3, 0.4) is 0 Å². The number of hydrogen-bond acceptors (Lipinski definition) is 3. The van der Waals surface area contributed by atoms with E-state index in [1.54, 1.807) is 6.92 Å². The molecule has 0 heterocycles. The number of carbonyl (C=O) groups is 2. The molecular formula is C22H32ClNO3. The molecule has 0 unspecified atom stereocenters. The number of ether oxygens (including phenoxy) is 1. The van der Waals surface area contributed by atoms with Gasteiger partial charge in [0.15, 0.2) is 6.10 Å². The van der Waals surface area contributed by atoms with Crippen molar-refractivity contribution in [2.75, 3.05) is 6.54 Å². The summed E-state index contributed by atoms with van der Waals surface area (Å²) in [6.45, 7) is 2.30. The minimum atomic E-state index is -0.739. The van der Waals surface area contributed by atoms with E-state index in [9.17, 15) is 9.59 Å². The first-order valence-electron chi connectivity index (χ1n) is 10.7. The number of nitrogens with one attached hydrogen (secondary N) is 1. The molecule has 4 fully saturated rings. The van der Waals surface area contributed by atoms with Crippen LogP contribution in [0.2, 0.25) is 0 Å². The lowest BCUT2D eigenvalue weighted by atomic mass is 9.49. The summed E-state index contributed by atoms with van der Waals surface area (Å²) in [7, 11) is 0. The van der Waals surface area contributed by atoms with E-state index in [0.29, 0.717) is 18.4 Å². The predicted octanol–water partition coefficient (Wildman–Crippen LogP) is 4.50. The minimum Gasteiger partial charge on any atom is -0.452 e. The van der Waals surface area contributed by atoms with Gasteiger partial charge in [0.25, 0.3) is 5.91 Å². The summed E-state index contributed by atoms with van der Waals surface area (Å²) in [6.07, 6.45) is 13.0. The molecule has 0 aromatic rings. The molecule has 1 amide bonds. The quantitative estimate of drug-likeness (QED) is 0.410. The molecule has 3 atom stereocenters. The summed E-state index contributed by atoms with van der Waals surface area (Å²) in [6, 6.07) is 0. The molecule has 4 bridgehead atoms. The van der Waals surface area contributed by atoms with Gasteiger partial charge in [-0.3, -0.25) is 9.59 Å². The fourth-order valence-electron chi connectivity index (χ4n) is 6.35. The second-order valence-electron chi connectivity index (χ2n) is 9.59. The Morgan fingerprint density at radius 2 is 2.00 bits per heavy atom. The largest absolute Gasteiger partial charge is 0.452 e. The van der Waals surface area contributed by atoms with E-state index in [2.05, 4.69) is 11.4 Å². The molecule has 0 radical (unpaired) electrons. The maximum atomic E-state index is 13.0. The predicted molar refractivity (Wildman–Crippen MR) is 105 cm³/mol. The standard InChI is InChI=1S/C22H32ClNO3/c1-15(19(25)24-8-7-16-5-3-2-4-6-16)27-20(26)21-10-17-9-18(11-21)13-22(23,12-17)14-21/h5,15,17-18H,2-4,6-14H2,1H3,(H,24,25)/t15-,17+,18+,21?,22?/m1/s1. The molecule has 0 aromatic carbocycles. The average Bonchev–Trinajstić information content (AvgIpc) is 2.60. The number of hydrogen-bond donors (Lipinski definition) is 1. The van der Waals surface area contributed by atoms with E-state index in [-0.39, 0.29) is 16.8 Å². The first kappa shape index (κ1) is 19.3. The number of halogens is 1. The Morgan fingerprint density at radius 1 is 1.26 bits per heavy atom. The molecule has 5 aliphatic rings. The van der Waals surface area contributed by atoms with Crippen LogP contribution < -0.4 is 5.32 Å². The van der Waals surface area contributed by atoms with E-state index in [4.69, 9.17) is 16.3 Å². The van der Waals surface area contributed by atoms with Crippen molar-refractivity contribution in [3.05, 3.63) is 11.6 Å². The molecule has 5 aliphatic carbocycles. The molecule has 0 saturated heterocycles. The molecule has 4 nitrogen and oxygen atoms in total. The lowest BCUT2D eigenvalue weighted by Gasteiger charge is -2.58. The van der Waals surface area contributed by atoms with Crippen LogP contribution in [0, 0.1) is 17.3 Å². The van der Waals surface area contributed by atoms with E-state index in [0.717, 1.165) is 51.4 Å². The van der Waals surface area contributed by atoms with Gasteiger partial charge in [0, 0.05) is 11.4 Å². The van der Waals surface area contributed by atoms with Crippen molar-refractivity contribution in [3.8, 4) is 0 Å². The van der Waals surface area contributed by atoms with Crippen LogP contribution >= 0.6 is 11.6 Å². The van der Waals surface area contributed by atoms with Crippen LogP contribution in [-0.4, -0.2) is 29.4 Å². The molecule has 5 rings (SSSR count). The van der Waals surface area contributed by atoms with E-state index < -0.39 is 11.5 Å². The van der Waals surface area contributed by atoms with Gasteiger partial charge in [0.2, 0.25) is 0 Å². The van der Waals surface area contributed by atoms with Gasteiger partial charge in [-0.05, 0) is 89.4 Å². The van der Waals surface area contributed by atoms with Gasteiger partial charge in [0.05, 0.1) is 5.41 Å². The lowest BCUT2D eigenvalue weighted by molar-refractivity contribution is -0.177. The second kappa shape index (κ2) is 7.42. The van der Waals surface area contributed by atoms with Crippen molar-refractivity contribution < 1.29 is 14.3 Å². The minimum absolute atomic E-state index is 0.190. The molecule has 0 spiro atoms. The SMILES string of the molecule is C[C@@H](OC(=O)C12C[C@@H]3C[C@H](CC(Cl)(C3)C1)C2)C(=O)NCCC1=CCCCC1. The van der Waals surface area contributed by atoms with E-state index in [1.807, 2.05) is 0 Å². The Morgan fingerprint density at radius 3 is 2.63 bits per heavy atom. The van der Waals surface area contributed by atoms with Crippen LogP contribution in [-0.2, 0) is 14.3 Å². The monoisotopic (exact) mass is 393 g/mol. The molecule has 27 heavy (non-hydrogen) atoms. The van der Waals surface area contributed by atoms with Gasteiger partial charge < -0.3 is 10.1 Å². The fourth-order valence-corrected chi connectivity index (χ4v) is 7.04. The van der Waals surface area contributed by atoms with Crippen LogP contribution in [0.5, 0.6) is 0 Å². The number of esters is 1. The summed E-state index contributed by atoms with van der Waals surface area (Å²) < 4.78 is 5.66. The molecule has 0 aromatic heterocycles. The van der Waals surface area contributed by atoms with Gasteiger partial charge >= 0.3 is 5.97 Å². The highest BCUT2D eigenvalue weighted by Gasteiger charge is 2.61. The zero-order valence-electron chi connectivity index (χ0n) is 16.4. The summed E-state index contributed by atoms with van der Waals surface area (Å²) in [5.74, 6) is 0.706. The second-order valence-corrected chi connectivity index (χ2v) is 10.4. The first-order chi connectivity index (χ1) is 12.9. The third-order valence-electron chi connectivity index (χ3n) is 7.21. The van der Waals surface area contributed by atoms with Gasteiger partial charge in [-0.1, -0.05) is 11.6 Å². The summed E-state index contributed by atoms with van der Waals surface area (Å²) in [5.41, 5.74) is 0.986. The Balaban J connectivity index is 1.28. The van der Waals surface area contributed by atoms with Crippen LogP contribution in [0.4, 0.5) is 0 Å². The number of amides is 1. The first-order valence-corrected chi connectivity index (χ1v) is 11.1. The molecule has 0 aliphatic heterocycles. The Kier molecular flexibility index (Phi) is 5.30. The van der Waals surface area contributed by atoms with Gasteiger partial charge in [-0.15, -0.1) is 11.6 Å². The summed E-state index contributed by atoms with van der Waals surface area (Å²) in [4.78, 5) is 25.2. The van der Waals surface area contributed by atoms with Crippen molar-refractivity contribution >= 4 is 23.5 Å². The van der Waals surface area contributed by atoms with Crippen LogP contribution in [0.25, 0.3) is 0 Å². The maximum absolute atomic E-state index is 13.0. The fraction of sp³-hybridized carbons (Fsp3) is 0.818. The number of alkyl halides is 1. The normalized spacial score (nSPS) is 38.2. The Labute approximate surface area is 167 Å². The zero-order valence-corrected chi connectivity index (χ0v) is 17.2. The molecule has 5 heteroatoms. The topological polar surface area (TPSA) is 55.4 Å². The highest BCUT2D eigenvalue weighted by molar-refractivity contribution is 6.24. The summed E-state index contributed by atoms with van der Waals surface area (Å²) >= 11 is 6.81. The Hall–Kier alpha value is -1.03. The summed E-state index contributed by atoms with van der Waals surface area (Å²) in [5, 5.41) is 2.93. The third-order valence-corrected chi connectivity index (χ3v) is 7.65. The van der Waals surface area contributed by atoms with E-state index >= 15 is 0 Å². The molecule has 4 saturated carbocycles. The molecule has 150 valence electrons. The van der Waals surface area contributed by atoms with Gasteiger partial charge in [-0.2, -0.15) is 0 Å². The van der Waals surface area contributed by atoms with Gasteiger partial charge in [-0.25, -0.2) is 0 Å². The van der Waals surface area contributed by atoms with Crippen molar-refractivity contribution in [2.24, 2.45) is 17.3 Å². The smallest absolute Gasteiger partial charge is 0.312 e. The van der Waals surface area contributed by atoms with Crippen molar-refractivity contribution in [2.45, 2.75) is 88.5 Å². The number of rotatable bonds is 6. The number of carbonyl (C=O) groups excluding carboxylic acids is 2. The number of allylic oxidation sites excluding steroid dienone is 1. The van der Waals surface area contributed by atoms with E-state index in [1.165, 1.54) is 24.8 Å². The maximum Gasteiger partial charge on any atom is 0.312 e. The molecule has 1 N–H and O–H groups in total. The highest BCUT2D eigenvalue weighted by Crippen LogP contribution is 2.64. The lowest BCUT2D eigenvalue weighted by Crippen LogP contribution is -2.57. The zero-order chi connectivity index (χ0) is 19.1. The van der Waals surface area contributed by atoms with Crippen molar-refractivity contribution in [3.63, 3.8) is 0 Å². The van der Waals surface area contributed by atoms with Crippen LogP contribution in [0.1, 0.15) is 77.6 Å². The van der Waals surface area contributed by atoms with Gasteiger partial charge in [0.1, 0.15) is 0 Å².